The van der Waals surface area contributed by atoms with Gasteiger partial charge in [0, 0.05) is 5.69 Å². The molecule has 0 aromatic heterocycles. The van der Waals surface area contributed by atoms with Crippen LogP contribution in [0, 0.1) is 6.92 Å². The lowest BCUT2D eigenvalue weighted by Gasteiger charge is -2.28. The summed E-state index contributed by atoms with van der Waals surface area (Å²) in [4.78, 5) is 12.5. The van der Waals surface area contributed by atoms with Crippen LogP contribution in [0.2, 0.25) is 0 Å². The molecule has 28 heavy (non-hydrogen) atoms. The number of carbonyl (C=O) groups is 1. The van der Waals surface area contributed by atoms with Gasteiger partial charge in [-0.2, -0.15) is 0 Å². The van der Waals surface area contributed by atoms with Crippen LogP contribution in [0.4, 0.5) is 10.5 Å². The zero-order valence-corrected chi connectivity index (χ0v) is 16.8. The molecular formula is C20H27NO7. The first kappa shape index (κ1) is 19.6. The van der Waals surface area contributed by atoms with E-state index in [1.807, 2.05) is 45.0 Å². The Hall–Kier alpha value is -1.71. The van der Waals surface area contributed by atoms with Crippen LogP contribution >= 0.6 is 0 Å². The highest BCUT2D eigenvalue weighted by Crippen LogP contribution is 2.42. The fourth-order valence-electron chi connectivity index (χ4n) is 3.72. The van der Waals surface area contributed by atoms with Gasteiger partial charge in [-0.1, -0.05) is 17.7 Å². The van der Waals surface area contributed by atoms with E-state index in [0.717, 1.165) is 5.56 Å². The van der Waals surface area contributed by atoms with Crippen molar-refractivity contribution in [2.75, 3.05) is 11.9 Å². The molecule has 3 fully saturated rings. The quantitative estimate of drug-likeness (QED) is 0.845. The van der Waals surface area contributed by atoms with Gasteiger partial charge >= 0.3 is 6.09 Å². The zero-order chi connectivity index (χ0) is 20.1. The van der Waals surface area contributed by atoms with Crippen LogP contribution in [0.1, 0.15) is 33.3 Å². The summed E-state index contributed by atoms with van der Waals surface area (Å²) in [7, 11) is 0. The molecule has 0 saturated carbocycles. The SMILES string of the molecule is Cc1ccc(NC(=O)O[C@@H]2[C@H]3OC(C)(C)O[C@H]3O[C@@H]2[C@H]2COC(C)(C)O2)cc1. The number of rotatable bonds is 3. The first-order valence-corrected chi connectivity index (χ1v) is 9.49. The minimum atomic E-state index is -0.818. The fourth-order valence-corrected chi connectivity index (χ4v) is 3.72. The van der Waals surface area contributed by atoms with Crippen molar-refractivity contribution >= 4 is 11.8 Å². The maximum Gasteiger partial charge on any atom is 0.412 e. The van der Waals surface area contributed by atoms with Crippen molar-refractivity contribution in [3.05, 3.63) is 29.8 Å². The first-order chi connectivity index (χ1) is 13.1. The van der Waals surface area contributed by atoms with E-state index in [4.69, 9.17) is 28.4 Å². The molecule has 1 aromatic rings. The maximum atomic E-state index is 12.5. The van der Waals surface area contributed by atoms with Crippen LogP contribution in [0.5, 0.6) is 0 Å². The number of nitrogens with one attached hydrogen (secondary N) is 1. The first-order valence-electron chi connectivity index (χ1n) is 9.49. The number of hydrogen-bond donors (Lipinski definition) is 1. The molecule has 4 rings (SSSR count). The van der Waals surface area contributed by atoms with Crippen molar-refractivity contribution in [1.82, 2.24) is 0 Å². The highest BCUT2D eigenvalue weighted by Gasteiger charge is 2.60. The van der Waals surface area contributed by atoms with Crippen molar-refractivity contribution in [1.29, 1.82) is 0 Å². The minimum Gasteiger partial charge on any atom is -0.440 e. The van der Waals surface area contributed by atoms with E-state index in [-0.39, 0.29) is 0 Å². The molecule has 0 spiro atoms. The zero-order valence-electron chi connectivity index (χ0n) is 16.8. The second-order valence-electron chi connectivity index (χ2n) is 8.30. The number of hydrogen-bond acceptors (Lipinski definition) is 7. The summed E-state index contributed by atoms with van der Waals surface area (Å²) in [6, 6.07) is 7.46. The summed E-state index contributed by atoms with van der Waals surface area (Å²) in [5.41, 5.74) is 1.75. The molecule has 3 aliphatic heterocycles. The van der Waals surface area contributed by atoms with Gasteiger partial charge in [0.25, 0.3) is 0 Å². The van der Waals surface area contributed by atoms with Gasteiger partial charge in [-0.25, -0.2) is 4.79 Å². The lowest BCUT2D eigenvalue weighted by atomic mass is 10.1. The molecule has 5 atom stereocenters. The smallest absolute Gasteiger partial charge is 0.412 e. The largest absolute Gasteiger partial charge is 0.440 e. The number of ether oxygens (including phenoxy) is 6. The van der Waals surface area contributed by atoms with Crippen LogP contribution in [0.25, 0.3) is 0 Å². The van der Waals surface area contributed by atoms with E-state index >= 15 is 0 Å². The van der Waals surface area contributed by atoms with E-state index in [2.05, 4.69) is 5.32 Å². The molecule has 0 unspecified atom stereocenters. The van der Waals surface area contributed by atoms with Gasteiger partial charge < -0.3 is 28.4 Å². The summed E-state index contributed by atoms with van der Waals surface area (Å²) in [6.07, 6.45) is -3.42. The average molecular weight is 393 g/mol. The monoisotopic (exact) mass is 393 g/mol. The Kier molecular flexibility index (Phi) is 4.87. The van der Waals surface area contributed by atoms with Gasteiger partial charge in [0.05, 0.1) is 6.61 Å². The van der Waals surface area contributed by atoms with Crippen molar-refractivity contribution in [2.24, 2.45) is 0 Å². The second kappa shape index (κ2) is 6.96. The number of benzene rings is 1. The van der Waals surface area contributed by atoms with E-state index in [1.165, 1.54) is 0 Å². The molecular weight excluding hydrogens is 366 g/mol. The van der Waals surface area contributed by atoms with Crippen molar-refractivity contribution in [3.8, 4) is 0 Å². The van der Waals surface area contributed by atoms with Crippen LogP contribution < -0.4 is 5.32 Å². The van der Waals surface area contributed by atoms with Gasteiger partial charge in [-0.05, 0) is 46.8 Å². The molecule has 0 bridgehead atoms. The van der Waals surface area contributed by atoms with Gasteiger partial charge in [0.1, 0.15) is 12.2 Å². The number of carbonyl (C=O) groups excluding carboxylic acids is 1. The average Bonchev–Trinajstić information content (AvgIpc) is 3.20. The Bertz CT molecular complexity index is 733. The Morgan fingerprint density at radius 3 is 2.39 bits per heavy atom. The highest BCUT2D eigenvalue weighted by atomic mass is 16.9. The molecule has 3 heterocycles. The van der Waals surface area contributed by atoms with E-state index in [0.29, 0.717) is 12.3 Å². The summed E-state index contributed by atoms with van der Waals surface area (Å²) >= 11 is 0. The molecule has 8 nitrogen and oxygen atoms in total. The molecule has 3 aliphatic rings. The Morgan fingerprint density at radius 1 is 1.04 bits per heavy atom. The standard InChI is InChI=1S/C20H27NO7/c1-11-6-8-12(9-7-11)21-18(22)25-15-14(13-10-23-19(2,3)26-13)24-17-16(15)27-20(4,5)28-17/h6-9,13-17H,10H2,1-5H3,(H,21,22)/t13-,14-,15+,16-,17-/m1/s1. The molecule has 154 valence electrons. The third-order valence-electron chi connectivity index (χ3n) is 4.96. The third-order valence-corrected chi connectivity index (χ3v) is 4.96. The van der Waals surface area contributed by atoms with Gasteiger partial charge in [-0.15, -0.1) is 0 Å². The van der Waals surface area contributed by atoms with Crippen molar-refractivity contribution < 1.29 is 33.2 Å². The minimum absolute atomic E-state index is 0.333. The number of aryl methyl sites for hydroxylation is 1. The Balaban J connectivity index is 1.48. The lowest BCUT2D eigenvalue weighted by molar-refractivity contribution is -0.231. The summed E-state index contributed by atoms with van der Waals surface area (Å²) in [5.74, 6) is -1.54. The van der Waals surface area contributed by atoms with Crippen LogP contribution in [-0.2, 0) is 28.4 Å². The number of anilines is 1. The van der Waals surface area contributed by atoms with Crippen LogP contribution in [0.15, 0.2) is 24.3 Å². The molecule has 0 aliphatic carbocycles. The van der Waals surface area contributed by atoms with Crippen molar-refractivity contribution in [3.63, 3.8) is 0 Å². The predicted octanol–water partition coefficient (Wildman–Crippen LogP) is 2.94. The predicted molar refractivity (Wildman–Crippen MR) is 98.7 cm³/mol. The number of fused-ring (bicyclic) bond motifs is 1. The lowest BCUT2D eigenvalue weighted by Crippen LogP contribution is -2.45. The van der Waals surface area contributed by atoms with Gasteiger partial charge in [0.2, 0.25) is 0 Å². The fraction of sp³-hybridized carbons (Fsp3) is 0.650. The summed E-state index contributed by atoms with van der Waals surface area (Å²) < 4.78 is 35.1. The number of amides is 1. The van der Waals surface area contributed by atoms with Crippen LogP contribution in [-0.4, -0.2) is 55.0 Å². The van der Waals surface area contributed by atoms with Gasteiger partial charge in [-0.3, -0.25) is 5.32 Å². The second-order valence-corrected chi connectivity index (χ2v) is 8.30. The molecule has 1 amide bonds. The Morgan fingerprint density at radius 2 is 1.75 bits per heavy atom. The summed E-state index contributed by atoms with van der Waals surface area (Å²) in [5, 5.41) is 2.74. The highest BCUT2D eigenvalue weighted by molar-refractivity contribution is 5.84. The maximum absolute atomic E-state index is 12.5. The van der Waals surface area contributed by atoms with E-state index < -0.39 is 48.4 Å². The molecule has 0 radical (unpaired) electrons. The summed E-state index contributed by atoms with van der Waals surface area (Å²) in [6.45, 7) is 9.57. The van der Waals surface area contributed by atoms with E-state index in [1.54, 1.807) is 13.8 Å². The molecule has 3 saturated heterocycles. The topological polar surface area (TPSA) is 84.5 Å². The Labute approximate surface area is 164 Å². The van der Waals surface area contributed by atoms with Gasteiger partial charge in [0.15, 0.2) is 30.1 Å². The molecule has 1 N–H and O–H groups in total. The normalized spacial score (nSPS) is 35.5. The van der Waals surface area contributed by atoms with Crippen molar-refractivity contribution in [2.45, 2.75) is 76.9 Å². The molecule has 1 aromatic carbocycles. The molecule has 8 heteroatoms. The third kappa shape index (κ3) is 4.01. The van der Waals surface area contributed by atoms with Crippen LogP contribution in [0.3, 0.4) is 0 Å². The van der Waals surface area contributed by atoms with E-state index in [9.17, 15) is 4.79 Å².